The lowest BCUT2D eigenvalue weighted by Crippen LogP contribution is -2.38. The second-order valence-corrected chi connectivity index (χ2v) is 19.2. The molecule has 2 fully saturated rings. The zero-order valence-corrected chi connectivity index (χ0v) is 43.5. The predicted molar refractivity (Wildman–Crippen MR) is 278 cm³/mol. The summed E-state index contributed by atoms with van der Waals surface area (Å²) in [6, 6.07) is 36.4. The Balaban J connectivity index is 1.09. The molecule has 4 aromatic carbocycles. The molecular weight excluding hydrogens is 1020 g/mol. The summed E-state index contributed by atoms with van der Waals surface area (Å²) in [5.74, 6) is -0.139. The van der Waals surface area contributed by atoms with E-state index < -0.39 is 79.9 Å². The maximum Gasteiger partial charge on any atom is 0.351 e. The fraction of sp³-hybridized carbons (Fsp3) is 0.345. The molecule has 0 bridgehead atoms. The van der Waals surface area contributed by atoms with Crippen molar-refractivity contribution in [3.63, 3.8) is 0 Å². The average molecular weight is 1070 g/mol. The minimum absolute atomic E-state index is 0.00267. The fourth-order valence-corrected chi connectivity index (χ4v) is 10.0. The Morgan fingerprint density at radius 2 is 1.38 bits per heavy atom. The van der Waals surface area contributed by atoms with Gasteiger partial charge < -0.3 is 52.1 Å². The first kappa shape index (κ1) is 55.6. The van der Waals surface area contributed by atoms with Crippen LogP contribution in [0.15, 0.2) is 142 Å². The van der Waals surface area contributed by atoms with Gasteiger partial charge in [0.25, 0.3) is 11.5 Å². The zero-order chi connectivity index (χ0) is 54.5. The number of Topliss-reactive ketones (excluding diaryl/α,β-unsaturated/α-hetero) is 1. The van der Waals surface area contributed by atoms with Gasteiger partial charge in [0.2, 0.25) is 0 Å². The highest BCUT2D eigenvalue weighted by Crippen LogP contribution is 2.48. The minimum atomic E-state index is -2.42. The van der Waals surface area contributed by atoms with E-state index in [1.165, 1.54) is 34.5 Å². The van der Waals surface area contributed by atoms with E-state index in [4.69, 9.17) is 42.0 Å². The normalized spacial score (nSPS) is 19.5. The Labute approximate surface area is 443 Å². The topological polar surface area (TPSA) is 260 Å². The number of ketones is 1. The first-order valence-electron chi connectivity index (χ1n) is 24.6. The summed E-state index contributed by atoms with van der Waals surface area (Å²) in [5, 5.41) is 12.1. The number of nitrogens with one attached hydrogen (secondary N) is 2. The molecule has 2 saturated heterocycles. The lowest BCUT2D eigenvalue weighted by atomic mass is 9.80. The number of aromatic nitrogens is 4. The maximum atomic E-state index is 13.5. The Morgan fingerprint density at radius 3 is 1.99 bits per heavy atom. The van der Waals surface area contributed by atoms with Gasteiger partial charge in [-0.2, -0.15) is 10.2 Å². The summed E-state index contributed by atoms with van der Waals surface area (Å²) in [4.78, 5) is 83.6. The third-order valence-electron chi connectivity index (χ3n) is 12.8. The van der Waals surface area contributed by atoms with Crippen molar-refractivity contribution >= 4 is 32.1 Å². The van der Waals surface area contributed by atoms with Crippen LogP contribution in [0.3, 0.4) is 0 Å². The molecule has 2 aromatic heterocycles. The molecule has 4 heterocycles. The van der Waals surface area contributed by atoms with Gasteiger partial charge in [-0.15, -0.1) is 0 Å². The number of hydrogen-bond acceptors (Lipinski definition) is 17. The molecule has 0 saturated carbocycles. The number of aromatic amines is 1. The van der Waals surface area contributed by atoms with E-state index in [0.717, 1.165) is 16.7 Å². The molecule has 6 aromatic rings. The Hall–Kier alpha value is -7.67. The molecule has 0 radical (unpaired) electrons. The number of methoxy groups -OCH3 is 2. The standard InChI is InChI=1S/C55H57N6O15P/c1-35-32-61(54(67)59-51(35)64)49-31-44(45(73-49)33-70-55(38-14-9-6-10-15-38,39-17-21-41(68-3)22-18-39)40-19-23-42(69-4)24-20-40)76-77(71-29-11-27-56)72-34-46-43(75-50(63)25-16-36(2)62)30-48(74-46)60-28-26-47(58-53(60)66)57-52(65)37-12-7-5-8-13-37/h5-10,12-15,17-24,26,28,32,43-46,48-49H,11,16,25,29-31,33-34H2,1-4H3,(H,59,64,67)(H,57,58,65,66)/t43-,44-,45+,46+,48+,49+,77?/m0/s1. The molecule has 402 valence electrons. The van der Waals surface area contributed by atoms with Crippen LogP contribution in [0, 0.1) is 18.3 Å². The molecule has 2 aliphatic rings. The highest BCUT2D eigenvalue weighted by Gasteiger charge is 2.46. The van der Waals surface area contributed by atoms with E-state index in [-0.39, 0.29) is 69.1 Å². The van der Waals surface area contributed by atoms with E-state index in [2.05, 4.69) is 15.3 Å². The molecule has 1 amide bonds. The molecule has 21 nitrogen and oxygen atoms in total. The van der Waals surface area contributed by atoms with Crippen LogP contribution in [0.5, 0.6) is 11.5 Å². The SMILES string of the molecule is COc1ccc(C(OC[C@H]2O[C@@H](n3cc(C)c(=O)[nH]c3=O)C[C@@H]2OP(OCCC#N)OC[C@H]2O[C@@H](n3ccc(NC(=O)c4ccccc4)nc3=O)C[C@@H]2OC(=O)CCC(C)=O)(c2ccccc2)c2ccc(OC)cc2)cc1. The van der Waals surface area contributed by atoms with Gasteiger partial charge in [-0.05, 0) is 73.0 Å². The molecule has 7 atom stereocenters. The third kappa shape index (κ3) is 13.7. The number of nitriles is 1. The first-order valence-corrected chi connectivity index (χ1v) is 25.7. The molecule has 8 rings (SSSR count). The van der Waals surface area contributed by atoms with Gasteiger partial charge in [0.1, 0.15) is 59.5 Å². The molecule has 22 heteroatoms. The summed E-state index contributed by atoms with van der Waals surface area (Å²) in [6.45, 7) is 2.28. The molecule has 77 heavy (non-hydrogen) atoms. The summed E-state index contributed by atoms with van der Waals surface area (Å²) >= 11 is 0. The summed E-state index contributed by atoms with van der Waals surface area (Å²) in [7, 11) is 0.729. The van der Waals surface area contributed by atoms with Crippen molar-refractivity contribution in [2.75, 3.05) is 39.4 Å². The number of H-pyrrole nitrogens is 1. The summed E-state index contributed by atoms with van der Waals surface area (Å²) in [6.07, 6.45) is -3.56. The molecule has 2 aliphatic heterocycles. The van der Waals surface area contributed by atoms with Crippen molar-refractivity contribution in [1.29, 1.82) is 5.26 Å². The summed E-state index contributed by atoms with van der Waals surface area (Å²) < 4.78 is 58.8. The van der Waals surface area contributed by atoms with E-state index in [1.807, 2.05) is 84.9 Å². The number of anilines is 1. The molecule has 1 unspecified atom stereocenters. The van der Waals surface area contributed by atoms with Gasteiger partial charge in [0.15, 0.2) is 0 Å². The quantitative estimate of drug-likeness (QED) is 0.0273. The number of aryl methyl sites for hydroxylation is 1. The predicted octanol–water partition coefficient (Wildman–Crippen LogP) is 6.80. The van der Waals surface area contributed by atoms with Gasteiger partial charge in [-0.1, -0.05) is 72.8 Å². The van der Waals surface area contributed by atoms with Crippen molar-refractivity contribution in [3.8, 4) is 17.6 Å². The largest absolute Gasteiger partial charge is 0.497 e. The number of nitrogens with zero attached hydrogens (tertiary/aromatic N) is 4. The van der Waals surface area contributed by atoms with E-state index in [1.54, 1.807) is 51.5 Å². The molecule has 2 N–H and O–H groups in total. The highest BCUT2D eigenvalue weighted by molar-refractivity contribution is 7.41. The van der Waals surface area contributed by atoms with Crippen molar-refractivity contribution < 1.29 is 56.4 Å². The average Bonchev–Trinajstić information content (AvgIpc) is 4.05. The Bertz CT molecular complexity index is 3160. The van der Waals surface area contributed by atoms with Crippen molar-refractivity contribution in [2.45, 2.75) is 88.4 Å². The number of amides is 1. The monoisotopic (exact) mass is 1070 g/mol. The molecule has 0 aliphatic carbocycles. The lowest BCUT2D eigenvalue weighted by Gasteiger charge is -2.37. The number of carbonyl (C=O) groups is 3. The second-order valence-electron chi connectivity index (χ2n) is 18.0. The number of hydrogen-bond donors (Lipinski definition) is 2. The van der Waals surface area contributed by atoms with Crippen LogP contribution in [0.4, 0.5) is 5.82 Å². The highest BCUT2D eigenvalue weighted by atomic mass is 31.2. The maximum absolute atomic E-state index is 13.5. The number of carbonyl (C=O) groups excluding carboxylic acids is 3. The van der Waals surface area contributed by atoms with Crippen LogP contribution in [0.2, 0.25) is 0 Å². The van der Waals surface area contributed by atoms with E-state index >= 15 is 0 Å². The number of rotatable bonds is 24. The Morgan fingerprint density at radius 1 is 0.779 bits per heavy atom. The molecular formula is C55H57N6O15P. The van der Waals surface area contributed by atoms with E-state index in [9.17, 15) is 34.0 Å². The van der Waals surface area contributed by atoms with Crippen LogP contribution in [0.1, 0.15) is 84.1 Å². The second kappa shape index (κ2) is 25.9. The lowest BCUT2D eigenvalue weighted by molar-refractivity contribution is -0.153. The van der Waals surface area contributed by atoms with Crippen LogP contribution >= 0.6 is 8.60 Å². The third-order valence-corrected chi connectivity index (χ3v) is 14.0. The number of ether oxygens (including phenoxy) is 6. The van der Waals surface area contributed by atoms with Gasteiger partial charge >= 0.3 is 26.0 Å². The van der Waals surface area contributed by atoms with Crippen molar-refractivity contribution in [1.82, 2.24) is 19.1 Å². The van der Waals surface area contributed by atoms with Crippen molar-refractivity contribution in [2.24, 2.45) is 0 Å². The van der Waals surface area contributed by atoms with Crippen LogP contribution < -0.4 is 31.7 Å². The fourth-order valence-electron chi connectivity index (χ4n) is 8.85. The minimum Gasteiger partial charge on any atom is -0.497 e. The first-order chi connectivity index (χ1) is 37.3. The van der Waals surface area contributed by atoms with Crippen LogP contribution in [-0.4, -0.2) is 95.2 Å². The van der Waals surface area contributed by atoms with Crippen LogP contribution in [-0.2, 0) is 47.7 Å². The van der Waals surface area contributed by atoms with E-state index in [0.29, 0.717) is 17.1 Å². The van der Waals surface area contributed by atoms with Gasteiger partial charge in [0.05, 0.1) is 59.1 Å². The van der Waals surface area contributed by atoms with Crippen LogP contribution in [0.25, 0.3) is 0 Å². The summed E-state index contributed by atoms with van der Waals surface area (Å²) in [5.41, 5.74) is -0.515. The zero-order valence-electron chi connectivity index (χ0n) is 42.6. The smallest absolute Gasteiger partial charge is 0.351 e. The van der Waals surface area contributed by atoms with Crippen molar-refractivity contribution in [3.05, 3.63) is 187 Å². The number of esters is 1. The molecule has 0 spiro atoms. The van der Waals surface area contributed by atoms with Gasteiger partial charge in [-0.3, -0.25) is 28.5 Å². The van der Waals surface area contributed by atoms with Gasteiger partial charge in [-0.25, -0.2) is 9.59 Å². The van der Waals surface area contributed by atoms with Gasteiger partial charge in [0, 0.05) is 42.8 Å². The Kier molecular flexibility index (Phi) is 18.7. The number of benzene rings is 4.